The normalized spacial score (nSPS) is 11.0. The maximum atomic E-state index is 12.3. The van der Waals surface area contributed by atoms with Gasteiger partial charge in [-0.15, -0.1) is 0 Å². The summed E-state index contributed by atoms with van der Waals surface area (Å²) < 4.78 is 16.4. The summed E-state index contributed by atoms with van der Waals surface area (Å²) in [5, 5.41) is 3.02. The maximum Gasteiger partial charge on any atom is 0.349 e. The number of ether oxygens (including phenoxy) is 3. The molecule has 0 bridgehead atoms. The third kappa shape index (κ3) is 5.54. The SMILES string of the molecule is COc1cc(/C=C/c2cccc3ccccc23)ccc1OC(=O)COc1ccc(Cl)c(C)c1. The highest BCUT2D eigenvalue weighted by molar-refractivity contribution is 6.31. The van der Waals surface area contributed by atoms with E-state index in [0.717, 1.165) is 16.7 Å². The first kappa shape index (κ1) is 22.4. The Labute approximate surface area is 198 Å². The molecular formula is C28H23ClO4. The van der Waals surface area contributed by atoms with Gasteiger partial charge in [-0.2, -0.15) is 0 Å². The topological polar surface area (TPSA) is 44.8 Å². The first-order valence-corrected chi connectivity index (χ1v) is 10.8. The Morgan fingerprint density at radius 3 is 2.55 bits per heavy atom. The van der Waals surface area contributed by atoms with Crippen LogP contribution in [0.15, 0.2) is 78.9 Å². The second-order valence-corrected chi connectivity index (χ2v) is 7.89. The van der Waals surface area contributed by atoms with Gasteiger partial charge in [-0.05, 0) is 64.7 Å². The highest BCUT2D eigenvalue weighted by Gasteiger charge is 2.12. The van der Waals surface area contributed by atoms with E-state index in [9.17, 15) is 4.79 Å². The predicted octanol–water partition coefficient (Wildman–Crippen LogP) is 6.97. The van der Waals surface area contributed by atoms with Gasteiger partial charge in [0, 0.05) is 5.02 Å². The highest BCUT2D eigenvalue weighted by atomic mass is 35.5. The molecule has 4 aromatic rings. The van der Waals surface area contributed by atoms with Crippen LogP contribution < -0.4 is 14.2 Å². The number of rotatable bonds is 7. The summed E-state index contributed by atoms with van der Waals surface area (Å²) in [5.74, 6) is 0.821. The van der Waals surface area contributed by atoms with Crippen LogP contribution in [0.3, 0.4) is 0 Å². The van der Waals surface area contributed by atoms with Gasteiger partial charge in [-0.1, -0.05) is 72.3 Å². The number of esters is 1. The lowest BCUT2D eigenvalue weighted by Gasteiger charge is -2.11. The average molecular weight is 459 g/mol. The van der Waals surface area contributed by atoms with Crippen molar-refractivity contribution in [2.24, 2.45) is 0 Å². The lowest BCUT2D eigenvalue weighted by molar-refractivity contribution is -0.136. The molecule has 0 fully saturated rings. The first-order chi connectivity index (χ1) is 16.0. The molecule has 0 N–H and O–H groups in total. The molecule has 166 valence electrons. The van der Waals surface area contributed by atoms with E-state index < -0.39 is 5.97 Å². The van der Waals surface area contributed by atoms with Gasteiger partial charge in [0.05, 0.1) is 7.11 Å². The Bertz CT molecular complexity index is 1320. The largest absolute Gasteiger partial charge is 0.493 e. The first-order valence-electron chi connectivity index (χ1n) is 10.5. The number of methoxy groups -OCH3 is 1. The van der Waals surface area contributed by atoms with Gasteiger partial charge in [0.25, 0.3) is 0 Å². The quantitative estimate of drug-likeness (QED) is 0.170. The summed E-state index contributed by atoms with van der Waals surface area (Å²) in [6, 6.07) is 25.1. The Kier molecular flexibility index (Phi) is 6.96. The third-order valence-corrected chi connectivity index (χ3v) is 5.60. The van der Waals surface area contributed by atoms with E-state index >= 15 is 0 Å². The number of carbonyl (C=O) groups excluding carboxylic acids is 1. The molecule has 0 saturated carbocycles. The van der Waals surface area contributed by atoms with Crippen molar-refractivity contribution < 1.29 is 19.0 Å². The zero-order valence-corrected chi connectivity index (χ0v) is 19.1. The highest BCUT2D eigenvalue weighted by Crippen LogP contribution is 2.30. The molecule has 4 rings (SSSR count). The number of aryl methyl sites for hydroxylation is 1. The molecule has 0 spiro atoms. The molecular weight excluding hydrogens is 436 g/mol. The van der Waals surface area contributed by atoms with E-state index in [1.54, 1.807) is 24.3 Å². The molecule has 0 radical (unpaired) electrons. The molecule has 0 heterocycles. The number of benzene rings is 4. The monoisotopic (exact) mass is 458 g/mol. The Morgan fingerprint density at radius 1 is 0.909 bits per heavy atom. The van der Waals surface area contributed by atoms with Crippen molar-refractivity contribution in [3.8, 4) is 17.2 Å². The molecule has 0 aromatic heterocycles. The molecule has 4 nitrogen and oxygen atoms in total. The van der Waals surface area contributed by atoms with Gasteiger partial charge >= 0.3 is 5.97 Å². The van der Waals surface area contributed by atoms with Crippen LogP contribution in [0, 0.1) is 6.92 Å². The second-order valence-electron chi connectivity index (χ2n) is 7.49. The number of hydrogen-bond acceptors (Lipinski definition) is 4. The van der Waals surface area contributed by atoms with E-state index in [4.69, 9.17) is 25.8 Å². The lowest BCUT2D eigenvalue weighted by Crippen LogP contribution is -2.18. The van der Waals surface area contributed by atoms with Gasteiger partial charge < -0.3 is 14.2 Å². The molecule has 4 aromatic carbocycles. The minimum absolute atomic E-state index is 0.229. The minimum atomic E-state index is -0.528. The molecule has 0 amide bonds. The summed E-state index contributed by atoms with van der Waals surface area (Å²) in [6.07, 6.45) is 4.06. The lowest BCUT2D eigenvalue weighted by atomic mass is 10.0. The number of carbonyl (C=O) groups is 1. The van der Waals surface area contributed by atoms with Crippen LogP contribution >= 0.6 is 11.6 Å². The van der Waals surface area contributed by atoms with Crippen LogP contribution in [0.4, 0.5) is 0 Å². The van der Waals surface area contributed by atoms with Crippen molar-refractivity contribution in [3.63, 3.8) is 0 Å². The van der Waals surface area contributed by atoms with Crippen molar-refractivity contribution in [2.45, 2.75) is 6.92 Å². The predicted molar refractivity (Wildman–Crippen MR) is 133 cm³/mol. The molecule has 0 aliphatic rings. The fourth-order valence-electron chi connectivity index (χ4n) is 3.46. The van der Waals surface area contributed by atoms with Gasteiger partial charge in [-0.3, -0.25) is 0 Å². The molecule has 0 atom stereocenters. The fraction of sp³-hybridized carbons (Fsp3) is 0.107. The minimum Gasteiger partial charge on any atom is -0.493 e. The number of fused-ring (bicyclic) bond motifs is 1. The smallest absolute Gasteiger partial charge is 0.349 e. The standard InChI is InChI=1S/C28H23ClO4/c1-19-16-23(13-14-25(19)29)32-18-28(30)33-26-15-11-20(17-27(26)31-2)10-12-22-8-5-7-21-6-3-4-9-24(21)22/h3-17H,18H2,1-2H3/b12-10+. The van der Waals surface area contributed by atoms with Crippen LogP contribution in [0.2, 0.25) is 5.02 Å². The van der Waals surface area contributed by atoms with Crippen LogP contribution in [0.1, 0.15) is 16.7 Å². The van der Waals surface area contributed by atoms with Crippen molar-refractivity contribution in [1.82, 2.24) is 0 Å². The summed E-state index contributed by atoms with van der Waals surface area (Å²) in [4.78, 5) is 12.3. The molecule has 0 unspecified atom stereocenters. The maximum absolute atomic E-state index is 12.3. The van der Waals surface area contributed by atoms with Crippen molar-refractivity contribution in [1.29, 1.82) is 0 Å². The van der Waals surface area contributed by atoms with E-state index in [1.165, 1.54) is 17.9 Å². The van der Waals surface area contributed by atoms with E-state index in [2.05, 4.69) is 30.3 Å². The van der Waals surface area contributed by atoms with Crippen molar-refractivity contribution in [2.75, 3.05) is 13.7 Å². The van der Waals surface area contributed by atoms with E-state index in [1.807, 2.05) is 43.3 Å². The van der Waals surface area contributed by atoms with Gasteiger partial charge in [0.15, 0.2) is 18.1 Å². The third-order valence-electron chi connectivity index (χ3n) is 5.18. The van der Waals surface area contributed by atoms with Crippen molar-refractivity contribution >= 4 is 40.5 Å². The van der Waals surface area contributed by atoms with Gasteiger partial charge in [-0.25, -0.2) is 4.79 Å². The number of hydrogen-bond donors (Lipinski definition) is 0. The van der Waals surface area contributed by atoms with Crippen molar-refractivity contribution in [3.05, 3.63) is 101 Å². The summed E-state index contributed by atoms with van der Waals surface area (Å²) in [6.45, 7) is 1.64. The molecule has 33 heavy (non-hydrogen) atoms. The molecule has 0 saturated heterocycles. The molecule has 5 heteroatoms. The van der Waals surface area contributed by atoms with E-state index in [0.29, 0.717) is 22.3 Å². The van der Waals surface area contributed by atoms with Crippen LogP contribution in [-0.4, -0.2) is 19.7 Å². The zero-order valence-electron chi connectivity index (χ0n) is 18.4. The Balaban J connectivity index is 1.44. The van der Waals surface area contributed by atoms with Crippen LogP contribution in [0.25, 0.3) is 22.9 Å². The zero-order chi connectivity index (χ0) is 23.2. The summed E-state index contributed by atoms with van der Waals surface area (Å²) in [7, 11) is 1.54. The fourth-order valence-corrected chi connectivity index (χ4v) is 3.57. The van der Waals surface area contributed by atoms with E-state index in [-0.39, 0.29) is 6.61 Å². The Morgan fingerprint density at radius 2 is 1.73 bits per heavy atom. The second kappa shape index (κ2) is 10.2. The van der Waals surface area contributed by atoms with Crippen LogP contribution in [0.5, 0.6) is 17.2 Å². The summed E-state index contributed by atoms with van der Waals surface area (Å²) in [5.41, 5.74) is 2.92. The molecule has 0 aliphatic carbocycles. The Hall–Kier alpha value is -3.76. The van der Waals surface area contributed by atoms with Gasteiger partial charge in [0.2, 0.25) is 0 Å². The van der Waals surface area contributed by atoms with Gasteiger partial charge in [0.1, 0.15) is 5.75 Å². The summed E-state index contributed by atoms with van der Waals surface area (Å²) >= 11 is 6.01. The number of halogens is 1. The van der Waals surface area contributed by atoms with Crippen LogP contribution in [-0.2, 0) is 4.79 Å². The molecule has 0 aliphatic heterocycles. The average Bonchev–Trinajstić information content (AvgIpc) is 2.84.